The molecule has 1 amide bonds. The summed E-state index contributed by atoms with van der Waals surface area (Å²) in [5.41, 5.74) is 5.44. The van der Waals surface area contributed by atoms with Crippen molar-refractivity contribution in [3.8, 4) is 0 Å². The zero-order valence-corrected chi connectivity index (χ0v) is 19.1. The van der Waals surface area contributed by atoms with Gasteiger partial charge in [0.25, 0.3) is 0 Å². The first-order valence-electron chi connectivity index (χ1n) is 11.3. The highest BCUT2D eigenvalue weighted by molar-refractivity contribution is 5.99. The molecule has 0 spiro atoms. The van der Waals surface area contributed by atoms with E-state index in [2.05, 4.69) is 39.6 Å². The summed E-state index contributed by atoms with van der Waals surface area (Å²) in [7, 11) is 0. The van der Waals surface area contributed by atoms with Crippen LogP contribution in [-0.4, -0.2) is 5.91 Å². The molecule has 0 unspecified atom stereocenters. The van der Waals surface area contributed by atoms with Crippen molar-refractivity contribution >= 4 is 11.6 Å². The molecule has 2 nitrogen and oxygen atoms in total. The molecule has 1 aromatic carbocycles. The second kappa shape index (κ2) is 8.50. The Bertz CT molecular complexity index is 785. The lowest BCUT2D eigenvalue weighted by Gasteiger charge is -2.58. The number of carbonyl (C=O) groups is 1. The predicted molar refractivity (Wildman–Crippen MR) is 124 cm³/mol. The lowest BCUT2D eigenvalue weighted by atomic mass is 9.47. The molecular weight excluding hydrogens is 354 g/mol. The molecule has 2 saturated carbocycles. The average molecular weight is 394 g/mol. The molecule has 0 heterocycles. The van der Waals surface area contributed by atoms with E-state index in [1.807, 2.05) is 31.2 Å². The first-order chi connectivity index (χ1) is 13.6. The third-order valence-electron chi connectivity index (χ3n) is 7.84. The largest absolute Gasteiger partial charge is 0.323 e. The fourth-order valence-electron chi connectivity index (χ4n) is 6.29. The van der Waals surface area contributed by atoms with Gasteiger partial charge in [0.1, 0.15) is 0 Å². The summed E-state index contributed by atoms with van der Waals surface area (Å²) >= 11 is 0. The highest BCUT2D eigenvalue weighted by Crippen LogP contribution is 2.61. The van der Waals surface area contributed by atoms with Crippen LogP contribution in [0, 0.1) is 29.6 Å². The van der Waals surface area contributed by atoms with Crippen molar-refractivity contribution in [1.29, 1.82) is 0 Å². The SMILES string of the molecule is C=C1CC[C@@H]2C(C)(C)CCC[C@@]2(C)[C@@H]1CC/C(C)=C/C(=O)Nc1ccc(C)cc1. The van der Waals surface area contributed by atoms with E-state index >= 15 is 0 Å². The summed E-state index contributed by atoms with van der Waals surface area (Å²) in [6, 6.07) is 7.94. The second-order valence-corrected chi connectivity index (χ2v) is 10.5. The molecule has 0 aliphatic heterocycles. The molecule has 3 rings (SSSR count). The number of fused-ring (bicyclic) bond motifs is 1. The van der Waals surface area contributed by atoms with Crippen LogP contribution in [0.5, 0.6) is 0 Å². The standard InChI is InChI=1S/C27H39NO/c1-19-8-12-22(13-9-19)28-25(29)18-20(2)10-14-23-21(3)11-15-24-26(4,5)16-7-17-27(23,24)6/h8-9,12-13,18,23-24H,3,7,10-11,14-17H2,1-2,4-6H3,(H,28,29)/b20-18+/t23-,24-,27+/m1/s1. The van der Waals surface area contributed by atoms with Gasteiger partial charge in [0.2, 0.25) is 5.91 Å². The van der Waals surface area contributed by atoms with Crippen molar-refractivity contribution in [3.63, 3.8) is 0 Å². The molecule has 0 saturated heterocycles. The molecule has 3 atom stereocenters. The van der Waals surface area contributed by atoms with E-state index in [4.69, 9.17) is 0 Å². The number of benzene rings is 1. The Kier molecular flexibility index (Phi) is 6.41. The van der Waals surface area contributed by atoms with Gasteiger partial charge >= 0.3 is 0 Å². The van der Waals surface area contributed by atoms with Gasteiger partial charge < -0.3 is 5.32 Å². The number of hydrogen-bond donors (Lipinski definition) is 1. The van der Waals surface area contributed by atoms with Crippen LogP contribution in [0.3, 0.4) is 0 Å². The molecule has 0 aromatic heterocycles. The van der Waals surface area contributed by atoms with Crippen LogP contribution >= 0.6 is 0 Å². The number of hydrogen-bond acceptors (Lipinski definition) is 1. The fraction of sp³-hybridized carbons (Fsp3) is 0.593. The van der Waals surface area contributed by atoms with Gasteiger partial charge in [-0.25, -0.2) is 0 Å². The quantitative estimate of drug-likeness (QED) is 0.408. The summed E-state index contributed by atoms with van der Waals surface area (Å²) < 4.78 is 0. The van der Waals surface area contributed by atoms with Gasteiger partial charge in [-0.3, -0.25) is 4.79 Å². The van der Waals surface area contributed by atoms with E-state index < -0.39 is 0 Å². The third kappa shape index (κ3) is 4.85. The van der Waals surface area contributed by atoms with Crippen molar-refractivity contribution in [3.05, 3.63) is 53.6 Å². The number of carbonyl (C=O) groups excluding carboxylic acids is 1. The number of aryl methyl sites for hydroxylation is 1. The maximum atomic E-state index is 12.4. The molecule has 1 aromatic rings. The number of allylic oxidation sites excluding steroid dienone is 2. The highest BCUT2D eigenvalue weighted by atomic mass is 16.1. The van der Waals surface area contributed by atoms with Crippen LogP contribution in [0.25, 0.3) is 0 Å². The van der Waals surface area contributed by atoms with Crippen LogP contribution in [0.4, 0.5) is 5.69 Å². The Labute approximate surface area is 177 Å². The van der Waals surface area contributed by atoms with Crippen LogP contribution in [0.2, 0.25) is 0 Å². The third-order valence-corrected chi connectivity index (χ3v) is 7.84. The lowest BCUT2D eigenvalue weighted by Crippen LogP contribution is -2.49. The summed E-state index contributed by atoms with van der Waals surface area (Å²) in [6.07, 6.45) is 10.3. The van der Waals surface area contributed by atoms with Crippen LogP contribution in [0.1, 0.15) is 78.2 Å². The lowest BCUT2D eigenvalue weighted by molar-refractivity contribution is -0.112. The minimum Gasteiger partial charge on any atom is -0.323 e. The predicted octanol–water partition coefficient (Wildman–Crippen LogP) is 7.46. The minimum atomic E-state index is -0.0308. The monoisotopic (exact) mass is 393 g/mol. The summed E-state index contributed by atoms with van der Waals surface area (Å²) in [6.45, 7) is 16.1. The Morgan fingerprint density at radius 2 is 1.90 bits per heavy atom. The maximum Gasteiger partial charge on any atom is 0.248 e. The van der Waals surface area contributed by atoms with Gasteiger partial charge in [-0.15, -0.1) is 0 Å². The molecule has 1 N–H and O–H groups in total. The topological polar surface area (TPSA) is 29.1 Å². The fourth-order valence-corrected chi connectivity index (χ4v) is 6.29. The molecular formula is C27H39NO. The van der Waals surface area contributed by atoms with Crippen molar-refractivity contribution in [2.24, 2.45) is 22.7 Å². The molecule has 2 aliphatic rings. The normalized spacial score (nSPS) is 29.3. The van der Waals surface area contributed by atoms with Gasteiger partial charge in [0.05, 0.1) is 0 Å². The molecule has 2 aliphatic carbocycles. The number of amides is 1. The van der Waals surface area contributed by atoms with Crippen molar-refractivity contribution < 1.29 is 4.79 Å². The van der Waals surface area contributed by atoms with Crippen molar-refractivity contribution in [1.82, 2.24) is 0 Å². The average Bonchev–Trinajstić information content (AvgIpc) is 2.62. The zero-order valence-electron chi connectivity index (χ0n) is 19.1. The highest BCUT2D eigenvalue weighted by Gasteiger charge is 2.52. The first kappa shape index (κ1) is 21.9. The van der Waals surface area contributed by atoms with Crippen molar-refractivity contribution in [2.45, 2.75) is 79.6 Å². The van der Waals surface area contributed by atoms with Gasteiger partial charge in [-0.05, 0) is 87.2 Å². The molecule has 29 heavy (non-hydrogen) atoms. The number of rotatable bonds is 5. The summed E-state index contributed by atoms with van der Waals surface area (Å²) in [5, 5.41) is 2.98. The van der Waals surface area contributed by atoms with E-state index in [0.717, 1.165) is 30.0 Å². The number of anilines is 1. The minimum absolute atomic E-state index is 0.0308. The van der Waals surface area contributed by atoms with E-state index in [1.54, 1.807) is 6.08 Å². The summed E-state index contributed by atoms with van der Waals surface area (Å²) in [4.78, 5) is 12.4. The number of nitrogens with one attached hydrogen (secondary N) is 1. The molecule has 2 fully saturated rings. The first-order valence-corrected chi connectivity index (χ1v) is 11.3. The van der Waals surface area contributed by atoms with Crippen LogP contribution < -0.4 is 5.32 Å². The van der Waals surface area contributed by atoms with E-state index in [0.29, 0.717) is 16.7 Å². The van der Waals surface area contributed by atoms with E-state index in [1.165, 1.54) is 43.2 Å². The van der Waals surface area contributed by atoms with Gasteiger partial charge in [0.15, 0.2) is 0 Å². The Morgan fingerprint density at radius 3 is 2.59 bits per heavy atom. The van der Waals surface area contributed by atoms with E-state index in [9.17, 15) is 4.79 Å². The van der Waals surface area contributed by atoms with Crippen LogP contribution in [-0.2, 0) is 4.79 Å². The van der Waals surface area contributed by atoms with Gasteiger partial charge in [0, 0.05) is 11.8 Å². The van der Waals surface area contributed by atoms with Crippen LogP contribution in [0.15, 0.2) is 48.1 Å². The van der Waals surface area contributed by atoms with Gasteiger partial charge in [-0.1, -0.05) is 62.6 Å². The second-order valence-electron chi connectivity index (χ2n) is 10.5. The zero-order chi connectivity index (χ0) is 21.2. The molecule has 158 valence electrons. The Morgan fingerprint density at radius 1 is 1.21 bits per heavy atom. The smallest absolute Gasteiger partial charge is 0.248 e. The summed E-state index contributed by atoms with van der Waals surface area (Å²) in [5.74, 6) is 1.33. The Hall–Kier alpha value is -1.83. The van der Waals surface area contributed by atoms with E-state index in [-0.39, 0.29) is 5.91 Å². The molecule has 0 radical (unpaired) electrons. The Balaban J connectivity index is 1.64. The van der Waals surface area contributed by atoms with Gasteiger partial charge in [-0.2, -0.15) is 0 Å². The van der Waals surface area contributed by atoms with Crippen molar-refractivity contribution in [2.75, 3.05) is 5.32 Å². The molecule has 0 bridgehead atoms. The maximum absolute atomic E-state index is 12.4. The molecule has 2 heteroatoms.